The highest BCUT2D eigenvalue weighted by Crippen LogP contribution is 2.25. The van der Waals surface area contributed by atoms with Crippen LogP contribution in [0, 0.1) is 11.3 Å². The smallest absolute Gasteiger partial charge is 0.205 e. The number of allylic oxidation sites excluding steroid dienone is 3. The van der Waals surface area contributed by atoms with Crippen molar-refractivity contribution in [1.82, 2.24) is 4.98 Å². The minimum Gasteiger partial charge on any atom is -0.360 e. The van der Waals surface area contributed by atoms with Crippen molar-refractivity contribution < 1.29 is 4.79 Å². The molecule has 0 atom stereocenters. The third-order valence-corrected chi connectivity index (χ3v) is 5.14. The zero-order chi connectivity index (χ0) is 18.7. The second kappa shape index (κ2) is 8.05. The molecule has 0 fully saturated rings. The van der Waals surface area contributed by atoms with Crippen molar-refractivity contribution in [3.8, 4) is 6.07 Å². The standard InChI is InChI=1S/C20H11Br2ClN2O/c21-14-4-1-12(2-5-14)18(23)7-3-13(10-24)20(26)17-11-25-19-8-6-15(22)9-16(17)19/h1-9,11,25H/b13-3+,18-7-. The lowest BCUT2D eigenvalue weighted by Gasteiger charge is -2.00. The van der Waals surface area contributed by atoms with Crippen LogP contribution in [-0.4, -0.2) is 10.8 Å². The number of halogens is 3. The topological polar surface area (TPSA) is 56.6 Å². The molecule has 0 saturated heterocycles. The van der Waals surface area contributed by atoms with Gasteiger partial charge in [0.15, 0.2) is 0 Å². The number of carbonyl (C=O) groups excluding carboxylic acids is 1. The van der Waals surface area contributed by atoms with E-state index in [1.807, 2.05) is 48.5 Å². The quantitative estimate of drug-likeness (QED) is 0.194. The number of Topliss-reactive ketones (excluding diaryl/α,β-unsaturated/α-hetero) is 1. The molecule has 0 amide bonds. The number of ketones is 1. The number of nitrogens with one attached hydrogen (secondary N) is 1. The van der Waals surface area contributed by atoms with Crippen molar-refractivity contribution in [2.24, 2.45) is 0 Å². The van der Waals surface area contributed by atoms with Crippen LogP contribution in [0.3, 0.4) is 0 Å². The van der Waals surface area contributed by atoms with Crippen LogP contribution in [0.1, 0.15) is 15.9 Å². The molecule has 3 rings (SSSR count). The Kier molecular flexibility index (Phi) is 5.77. The van der Waals surface area contributed by atoms with E-state index in [9.17, 15) is 10.1 Å². The Labute approximate surface area is 172 Å². The molecule has 0 saturated carbocycles. The van der Waals surface area contributed by atoms with Gasteiger partial charge in [-0.15, -0.1) is 0 Å². The monoisotopic (exact) mass is 488 g/mol. The van der Waals surface area contributed by atoms with Crippen molar-refractivity contribution in [3.63, 3.8) is 0 Å². The molecule has 6 heteroatoms. The number of nitriles is 1. The molecule has 0 aliphatic rings. The summed E-state index contributed by atoms with van der Waals surface area (Å²) in [4.78, 5) is 15.8. The zero-order valence-electron chi connectivity index (χ0n) is 13.3. The van der Waals surface area contributed by atoms with Crippen molar-refractivity contribution in [2.75, 3.05) is 0 Å². The van der Waals surface area contributed by atoms with Crippen molar-refractivity contribution in [2.45, 2.75) is 0 Å². The summed E-state index contributed by atoms with van der Waals surface area (Å²) in [5.41, 5.74) is 2.09. The second-order valence-electron chi connectivity index (χ2n) is 5.44. The predicted molar refractivity (Wildman–Crippen MR) is 112 cm³/mol. The van der Waals surface area contributed by atoms with Gasteiger partial charge in [-0.05, 0) is 48.0 Å². The van der Waals surface area contributed by atoms with Gasteiger partial charge in [0, 0.05) is 36.6 Å². The fourth-order valence-corrected chi connectivity index (χ4v) is 3.27. The number of H-pyrrole nitrogens is 1. The summed E-state index contributed by atoms with van der Waals surface area (Å²) in [6, 6.07) is 15.0. The maximum atomic E-state index is 12.8. The molecule has 0 radical (unpaired) electrons. The molecule has 0 spiro atoms. The fraction of sp³-hybridized carbons (Fsp3) is 0. The largest absolute Gasteiger partial charge is 0.360 e. The number of rotatable bonds is 4. The SMILES string of the molecule is N#C/C(=C\C=C(/Cl)c1ccc(Br)cc1)C(=O)c1c[nH]c2ccc(Br)cc12. The van der Waals surface area contributed by atoms with Gasteiger partial charge < -0.3 is 4.98 Å². The molecule has 3 aromatic rings. The lowest BCUT2D eigenvalue weighted by atomic mass is 10.0. The number of fused-ring (bicyclic) bond motifs is 1. The van der Waals surface area contributed by atoms with Crippen molar-refractivity contribution in [1.29, 1.82) is 5.26 Å². The molecular weight excluding hydrogens is 479 g/mol. The van der Waals surface area contributed by atoms with Gasteiger partial charge in [0.2, 0.25) is 5.78 Å². The Morgan fingerprint density at radius 1 is 1.08 bits per heavy atom. The second-order valence-corrected chi connectivity index (χ2v) is 7.67. The first-order valence-electron chi connectivity index (χ1n) is 7.54. The number of hydrogen-bond acceptors (Lipinski definition) is 2. The zero-order valence-corrected chi connectivity index (χ0v) is 17.2. The van der Waals surface area contributed by atoms with Crippen LogP contribution >= 0.6 is 43.5 Å². The Hall–Kier alpha value is -2.13. The highest BCUT2D eigenvalue weighted by Gasteiger charge is 2.16. The lowest BCUT2D eigenvalue weighted by Crippen LogP contribution is -2.00. The van der Waals surface area contributed by atoms with Crippen LogP contribution in [0.5, 0.6) is 0 Å². The van der Waals surface area contributed by atoms with Gasteiger partial charge in [-0.25, -0.2) is 0 Å². The number of aromatic amines is 1. The third-order valence-electron chi connectivity index (χ3n) is 3.77. The van der Waals surface area contributed by atoms with E-state index in [0.29, 0.717) is 10.6 Å². The number of carbonyl (C=O) groups is 1. The van der Waals surface area contributed by atoms with Crippen LogP contribution in [0.25, 0.3) is 15.9 Å². The van der Waals surface area contributed by atoms with Gasteiger partial charge in [0.25, 0.3) is 0 Å². The molecule has 0 bridgehead atoms. The maximum absolute atomic E-state index is 12.8. The minimum atomic E-state index is -0.353. The average Bonchev–Trinajstić information content (AvgIpc) is 3.05. The first kappa shape index (κ1) is 18.7. The van der Waals surface area contributed by atoms with Gasteiger partial charge in [-0.2, -0.15) is 5.26 Å². The third kappa shape index (κ3) is 3.99. The minimum absolute atomic E-state index is 0.0149. The van der Waals surface area contributed by atoms with Gasteiger partial charge in [0.1, 0.15) is 11.6 Å². The molecule has 1 heterocycles. The molecule has 0 aliphatic carbocycles. The van der Waals surface area contributed by atoms with E-state index in [0.717, 1.165) is 25.4 Å². The van der Waals surface area contributed by atoms with Crippen LogP contribution in [0.4, 0.5) is 0 Å². The molecule has 26 heavy (non-hydrogen) atoms. The fourth-order valence-electron chi connectivity index (χ4n) is 2.45. The van der Waals surface area contributed by atoms with Crippen LogP contribution < -0.4 is 0 Å². The summed E-state index contributed by atoms with van der Waals surface area (Å²) < 4.78 is 1.80. The summed E-state index contributed by atoms with van der Waals surface area (Å²) in [6.07, 6.45) is 4.63. The molecule has 1 aromatic heterocycles. The van der Waals surface area contributed by atoms with Crippen molar-refractivity contribution in [3.05, 3.63) is 86.5 Å². The average molecular weight is 491 g/mol. The summed E-state index contributed by atoms with van der Waals surface area (Å²) >= 11 is 13.0. The van der Waals surface area contributed by atoms with Gasteiger partial charge in [-0.3, -0.25) is 4.79 Å². The Morgan fingerprint density at radius 2 is 1.77 bits per heavy atom. The first-order valence-corrected chi connectivity index (χ1v) is 9.51. The lowest BCUT2D eigenvalue weighted by molar-refractivity contribution is 0.104. The Morgan fingerprint density at radius 3 is 2.46 bits per heavy atom. The highest BCUT2D eigenvalue weighted by molar-refractivity contribution is 9.10. The van der Waals surface area contributed by atoms with Gasteiger partial charge in [0.05, 0.1) is 0 Å². The normalized spacial score (nSPS) is 12.2. The Balaban J connectivity index is 1.94. The summed E-state index contributed by atoms with van der Waals surface area (Å²) in [7, 11) is 0. The van der Waals surface area contributed by atoms with Crippen molar-refractivity contribution >= 4 is 65.2 Å². The number of hydrogen-bond donors (Lipinski definition) is 1. The maximum Gasteiger partial charge on any atom is 0.205 e. The van der Waals surface area contributed by atoms with E-state index in [4.69, 9.17) is 11.6 Å². The number of nitrogens with zero attached hydrogens (tertiary/aromatic N) is 1. The molecule has 0 aliphatic heterocycles. The molecule has 2 aromatic carbocycles. The van der Waals surface area contributed by atoms with Crippen LogP contribution in [0.2, 0.25) is 0 Å². The molecule has 3 nitrogen and oxygen atoms in total. The van der Waals surface area contributed by atoms with E-state index >= 15 is 0 Å². The molecule has 128 valence electrons. The van der Waals surface area contributed by atoms with E-state index in [-0.39, 0.29) is 11.4 Å². The Bertz CT molecular complexity index is 1090. The van der Waals surface area contributed by atoms with Crippen LogP contribution in [-0.2, 0) is 0 Å². The molecular formula is C20H11Br2ClN2O. The summed E-state index contributed by atoms with van der Waals surface area (Å²) in [5, 5.41) is 10.6. The summed E-state index contributed by atoms with van der Waals surface area (Å²) in [6.45, 7) is 0. The molecule has 1 N–H and O–H groups in total. The molecule has 0 unspecified atom stereocenters. The van der Waals surface area contributed by atoms with E-state index in [1.165, 1.54) is 6.08 Å². The first-order chi connectivity index (χ1) is 12.5. The number of benzene rings is 2. The van der Waals surface area contributed by atoms with E-state index in [1.54, 1.807) is 12.3 Å². The van der Waals surface area contributed by atoms with E-state index < -0.39 is 0 Å². The van der Waals surface area contributed by atoms with E-state index in [2.05, 4.69) is 36.8 Å². The number of aromatic nitrogens is 1. The van der Waals surface area contributed by atoms with Gasteiger partial charge >= 0.3 is 0 Å². The van der Waals surface area contributed by atoms with Crippen LogP contribution in [0.15, 0.2) is 75.3 Å². The summed E-state index contributed by atoms with van der Waals surface area (Å²) in [5.74, 6) is -0.353. The predicted octanol–water partition coefficient (Wildman–Crippen LogP) is 6.61. The van der Waals surface area contributed by atoms with Gasteiger partial charge in [-0.1, -0.05) is 55.6 Å². The highest BCUT2D eigenvalue weighted by atomic mass is 79.9.